The Morgan fingerprint density at radius 1 is 1.62 bits per heavy atom. The van der Waals surface area contributed by atoms with E-state index in [1.165, 1.54) is 13.2 Å². The van der Waals surface area contributed by atoms with Crippen molar-refractivity contribution in [3.05, 3.63) is 29.1 Å². The molecule has 0 aliphatic rings. The Balaban J connectivity index is 3.02. The molecule has 0 bridgehead atoms. The summed E-state index contributed by atoms with van der Waals surface area (Å²) in [5.41, 5.74) is 0.833. The van der Waals surface area contributed by atoms with Gasteiger partial charge in [-0.3, -0.25) is 9.78 Å². The number of rotatable bonds is 4. The summed E-state index contributed by atoms with van der Waals surface area (Å²) < 4.78 is 29.4. The first kappa shape index (κ1) is 13.0. The summed E-state index contributed by atoms with van der Waals surface area (Å²) in [6, 6.07) is 1.28. The summed E-state index contributed by atoms with van der Waals surface area (Å²) in [6.07, 6.45) is -1.53. The number of nitrogens with zero attached hydrogens (tertiary/aromatic N) is 1. The molecule has 0 amide bonds. The number of alkyl halides is 3. The average molecular weight is 294 g/mol. The zero-order valence-corrected chi connectivity index (χ0v) is 10.1. The van der Waals surface area contributed by atoms with Gasteiger partial charge in [-0.1, -0.05) is 15.9 Å². The predicted molar refractivity (Wildman–Crippen MR) is 57.5 cm³/mol. The van der Waals surface area contributed by atoms with Gasteiger partial charge in [0.25, 0.3) is 6.43 Å². The van der Waals surface area contributed by atoms with Crippen molar-refractivity contribution < 1.29 is 18.3 Å². The van der Waals surface area contributed by atoms with Crippen molar-refractivity contribution in [2.45, 2.75) is 18.2 Å². The number of carbonyl (C=O) groups excluding carboxylic acids is 1. The van der Waals surface area contributed by atoms with Gasteiger partial charge >= 0.3 is 5.97 Å². The van der Waals surface area contributed by atoms with Crippen molar-refractivity contribution >= 4 is 21.9 Å². The molecule has 16 heavy (non-hydrogen) atoms. The van der Waals surface area contributed by atoms with Crippen molar-refractivity contribution in [1.82, 2.24) is 4.98 Å². The zero-order chi connectivity index (χ0) is 12.1. The second-order valence-corrected chi connectivity index (χ2v) is 3.62. The van der Waals surface area contributed by atoms with E-state index < -0.39 is 12.4 Å². The molecule has 3 nitrogen and oxygen atoms in total. The van der Waals surface area contributed by atoms with Crippen molar-refractivity contribution in [3.63, 3.8) is 0 Å². The van der Waals surface area contributed by atoms with Crippen LogP contribution in [0.25, 0.3) is 0 Å². The second kappa shape index (κ2) is 5.89. The van der Waals surface area contributed by atoms with Crippen LogP contribution >= 0.6 is 15.9 Å². The standard InChI is InChI=1S/C10H10BrF2NO2/c1-16-9(15)3-6-2-7(10(12)13)5-14-8(6)4-11/h2,5,10H,3-4H2,1H3. The Kier molecular flexibility index (Phi) is 4.79. The highest BCUT2D eigenvalue weighted by molar-refractivity contribution is 9.08. The zero-order valence-electron chi connectivity index (χ0n) is 8.54. The van der Waals surface area contributed by atoms with E-state index in [1.807, 2.05) is 0 Å². The van der Waals surface area contributed by atoms with Gasteiger partial charge < -0.3 is 4.74 Å². The summed E-state index contributed by atoms with van der Waals surface area (Å²) in [5.74, 6) is -0.476. The third-order valence-electron chi connectivity index (χ3n) is 2.02. The number of esters is 1. The van der Waals surface area contributed by atoms with E-state index in [0.717, 1.165) is 6.20 Å². The lowest BCUT2D eigenvalue weighted by molar-refractivity contribution is -0.139. The number of hydrogen-bond donors (Lipinski definition) is 0. The van der Waals surface area contributed by atoms with Gasteiger partial charge in [0.15, 0.2) is 0 Å². The molecular weight excluding hydrogens is 284 g/mol. The highest BCUT2D eigenvalue weighted by Crippen LogP contribution is 2.21. The van der Waals surface area contributed by atoms with E-state index in [0.29, 0.717) is 16.6 Å². The maximum atomic E-state index is 12.4. The average Bonchev–Trinajstić information content (AvgIpc) is 2.28. The summed E-state index contributed by atoms with van der Waals surface area (Å²) >= 11 is 3.18. The first-order chi connectivity index (χ1) is 7.58. The maximum Gasteiger partial charge on any atom is 0.310 e. The number of halogens is 3. The minimum atomic E-state index is -2.59. The molecule has 0 saturated heterocycles. The van der Waals surface area contributed by atoms with Crippen LogP contribution < -0.4 is 0 Å². The lowest BCUT2D eigenvalue weighted by Gasteiger charge is -2.07. The van der Waals surface area contributed by atoms with Crippen LogP contribution in [0.4, 0.5) is 8.78 Å². The van der Waals surface area contributed by atoms with E-state index in [4.69, 9.17) is 0 Å². The quantitative estimate of drug-likeness (QED) is 0.633. The van der Waals surface area contributed by atoms with E-state index in [1.54, 1.807) is 0 Å². The van der Waals surface area contributed by atoms with Crippen LogP contribution in [0.5, 0.6) is 0 Å². The minimum absolute atomic E-state index is 0.0506. The first-order valence-corrected chi connectivity index (χ1v) is 5.59. The van der Waals surface area contributed by atoms with Crippen LogP contribution in [-0.4, -0.2) is 18.1 Å². The molecule has 0 saturated carbocycles. The van der Waals surface area contributed by atoms with Gasteiger partial charge in [-0.05, 0) is 11.6 Å². The van der Waals surface area contributed by atoms with Crippen molar-refractivity contribution in [2.75, 3.05) is 7.11 Å². The Morgan fingerprint density at radius 2 is 2.31 bits per heavy atom. The molecule has 0 fully saturated rings. The van der Waals surface area contributed by atoms with E-state index in [9.17, 15) is 13.6 Å². The van der Waals surface area contributed by atoms with E-state index >= 15 is 0 Å². The Labute approximate surface area is 99.9 Å². The van der Waals surface area contributed by atoms with Crippen molar-refractivity contribution in [3.8, 4) is 0 Å². The summed E-state index contributed by atoms with van der Waals surface area (Å²) in [4.78, 5) is 14.9. The molecule has 6 heteroatoms. The third kappa shape index (κ3) is 3.23. The fraction of sp³-hybridized carbons (Fsp3) is 0.400. The molecular formula is C10H10BrF2NO2. The van der Waals surface area contributed by atoms with Gasteiger partial charge in [0.05, 0.1) is 19.2 Å². The minimum Gasteiger partial charge on any atom is -0.469 e. The van der Waals surface area contributed by atoms with Crippen molar-refractivity contribution in [2.24, 2.45) is 0 Å². The number of aromatic nitrogens is 1. The largest absolute Gasteiger partial charge is 0.469 e. The molecule has 88 valence electrons. The highest BCUT2D eigenvalue weighted by atomic mass is 79.9. The normalized spacial score (nSPS) is 10.6. The Bertz CT molecular complexity index is 385. The summed E-state index contributed by atoms with van der Waals surface area (Å²) in [7, 11) is 1.25. The van der Waals surface area contributed by atoms with Gasteiger partial charge in [0, 0.05) is 17.1 Å². The number of carbonyl (C=O) groups is 1. The number of ether oxygens (including phenoxy) is 1. The molecule has 1 heterocycles. The van der Waals surface area contributed by atoms with Gasteiger partial charge in [0.2, 0.25) is 0 Å². The second-order valence-electron chi connectivity index (χ2n) is 3.06. The van der Waals surface area contributed by atoms with E-state index in [-0.39, 0.29) is 12.0 Å². The molecule has 0 aromatic carbocycles. The Hall–Kier alpha value is -1.04. The molecule has 1 aromatic heterocycles. The summed E-state index contributed by atoms with van der Waals surface area (Å²) in [5, 5.41) is 0.406. The number of methoxy groups -OCH3 is 1. The molecule has 0 unspecified atom stereocenters. The van der Waals surface area contributed by atoms with Crippen molar-refractivity contribution in [1.29, 1.82) is 0 Å². The van der Waals surface area contributed by atoms with Crippen LogP contribution in [0.2, 0.25) is 0 Å². The molecule has 0 N–H and O–H groups in total. The third-order valence-corrected chi connectivity index (χ3v) is 2.55. The molecule has 0 aliphatic heterocycles. The van der Waals surface area contributed by atoms with Gasteiger partial charge in [-0.15, -0.1) is 0 Å². The predicted octanol–water partition coefficient (Wildman–Crippen LogP) is 2.63. The van der Waals surface area contributed by atoms with Crippen LogP contribution in [-0.2, 0) is 21.3 Å². The molecule has 1 rings (SSSR count). The van der Waals surface area contributed by atoms with Gasteiger partial charge in [-0.2, -0.15) is 0 Å². The Morgan fingerprint density at radius 3 is 2.81 bits per heavy atom. The lowest BCUT2D eigenvalue weighted by atomic mass is 10.1. The smallest absolute Gasteiger partial charge is 0.310 e. The van der Waals surface area contributed by atoms with Crippen LogP contribution in [0.3, 0.4) is 0 Å². The summed E-state index contributed by atoms with van der Waals surface area (Å²) in [6.45, 7) is 0. The lowest BCUT2D eigenvalue weighted by Crippen LogP contribution is -2.08. The van der Waals surface area contributed by atoms with E-state index in [2.05, 4.69) is 25.7 Å². The molecule has 0 spiro atoms. The fourth-order valence-corrected chi connectivity index (χ4v) is 1.68. The maximum absolute atomic E-state index is 12.4. The molecule has 0 radical (unpaired) electrons. The fourth-order valence-electron chi connectivity index (χ4n) is 1.18. The SMILES string of the molecule is COC(=O)Cc1cc(C(F)F)cnc1CBr. The monoisotopic (exact) mass is 293 g/mol. The number of pyridine rings is 1. The van der Waals surface area contributed by atoms with Gasteiger partial charge in [-0.25, -0.2) is 8.78 Å². The van der Waals surface area contributed by atoms with Crippen LogP contribution in [0.15, 0.2) is 12.3 Å². The molecule has 0 aliphatic carbocycles. The first-order valence-electron chi connectivity index (χ1n) is 4.47. The highest BCUT2D eigenvalue weighted by Gasteiger charge is 2.14. The topological polar surface area (TPSA) is 39.2 Å². The molecule has 1 aromatic rings. The molecule has 0 atom stereocenters. The number of hydrogen-bond acceptors (Lipinski definition) is 3. The van der Waals surface area contributed by atoms with Gasteiger partial charge in [0.1, 0.15) is 0 Å². The van der Waals surface area contributed by atoms with Crippen LogP contribution in [0.1, 0.15) is 23.2 Å². The van der Waals surface area contributed by atoms with Crippen LogP contribution in [0, 0.1) is 0 Å².